The van der Waals surface area contributed by atoms with Crippen LogP contribution in [0.2, 0.25) is 0 Å². The Bertz CT molecular complexity index is 963. The van der Waals surface area contributed by atoms with E-state index in [1.807, 2.05) is 11.8 Å². The highest BCUT2D eigenvalue weighted by Crippen LogP contribution is 2.28. The minimum absolute atomic E-state index is 0.164. The largest absolute Gasteiger partial charge is 0.446 e. The van der Waals surface area contributed by atoms with Crippen LogP contribution in [0.3, 0.4) is 0 Å². The van der Waals surface area contributed by atoms with Gasteiger partial charge in [0.05, 0.1) is 12.4 Å². The summed E-state index contributed by atoms with van der Waals surface area (Å²) < 4.78 is 56.9. The van der Waals surface area contributed by atoms with Crippen LogP contribution in [0.5, 0.6) is 0 Å². The first-order valence-corrected chi connectivity index (χ1v) is 11.3. The van der Waals surface area contributed by atoms with Gasteiger partial charge in [0.25, 0.3) is 0 Å². The number of rotatable bonds is 4. The number of ether oxygens (including phenoxy) is 1. The number of carbonyl (C=O) groups is 1. The van der Waals surface area contributed by atoms with Crippen molar-refractivity contribution < 1.29 is 27.1 Å². The Balaban J connectivity index is 1.23. The summed E-state index contributed by atoms with van der Waals surface area (Å²) in [6.07, 6.45) is -1.78. The normalized spacial score (nSPS) is 20.4. The van der Waals surface area contributed by atoms with Gasteiger partial charge >= 0.3 is 12.3 Å². The molecule has 3 heterocycles. The van der Waals surface area contributed by atoms with E-state index in [4.69, 9.17) is 4.74 Å². The number of nitrogens with zero attached hydrogens (tertiary/aromatic N) is 5. The van der Waals surface area contributed by atoms with Crippen LogP contribution in [0.1, 0.15) is 31.0 Å². The maximum Gasteiger partial charge on any atom is 0.434 e. The van der Waals surface area contributed by atoms with Crippen LogP contribution in [0.4, 0.5) is 28.2 Å². The van der Waals surface area contributed by atoms with E-state index < -0.39 is 11.9 Å². The maximum absolute atomic E-state index is 13.1. The van der Waals surface area contributed by atoms with E-state index in [1.54, 1.807) is 17.0 Å². The van der Waals surface area contributed by atoms with Crippen molar-refractivity contribution in [1.82, 2.24) is 19.8 Å². The summed E-state index contributed by atoms with van der Waals surface area (Å²) in [7, 11) is 0. The van der Waals surface area contributed by atoms with Crippen LogP contribution in [0, 0.1) is 5.82 Å². The number of carbonyl (C=O) groups excluding carboxylic acids is 1. The number of hydrogen-bond donors (Lipinski definition) is 0. The molecule has 11 heteroatoms. The van der Waals surface area contributed by atoms with Crippen LogP contribution in [-0.2, 0) is 17.5 Å². The maximum atomic E-state index is 13.1. The van der Waals surface area contributed by atoms with Crippen LogP contribution in [0.15, 0.2) is 36.7 Å². The lowest BCUT2D eigenvalue weighted by molar-refractivity contribution is -0.141. The van der Waals surface area contributed by atoms with E-state index in [-0.39, 0.29) is 24.1 Å². The molecule has 0 bridgehead atoms. The summed E-state index contributed by atoms with van der Waals surface area (Å²) in [6.45, 7) is 5.40. The first-order chi connectivity index (χ1) is 16.2. The van der Waals surface area contributed by atoms with Crippen LogP contribution < -0.4 is 4.90 Å². The van der Waals surface area contributed by atoms with Gasteiger partial charge in [0.15, 0.2) is 5.69 Å². The summed E-state index contributed by atoms with van der Waals surface area (Å²) in [5, 5.41) is 0. The third-order valence-electron chi connectivity index (χ3n) is 6.24. The zero-order valence-corrected chi connectivity index (χ0v) is 18.8. The minimum Gasteiger partial charge on any atom is -0.446 e. The molecular formula is C23H27F4N5O2. The van der Waals surface area contributed by atoms with Crippen LogP contribution in [0.25, 0.3) is 0 Å². The molecule has 0 aliphatic carbocycles. The van der Waals surface area contributed by atoms with Gasteiger partial charge in [-0.15, -0.1) is 0 Å². The van der Waals surface area contributed by atoms with E-state index in [1.165, 1.54) is 12.1 Å². The molecule has 4 rings (SSSR count). The predicted octanol–water partition coefficient (Wildman–Crippen LogP) is 3.95. The highest BCUT2D eigenvalue weighted by Gasteiger charge is 2.34. The Morgan fingerprint density at radius 2 is 1.76 bits per heavy atom. The summed E-state index contributed by atoms with van der Waals surface area (Å²) in [5.41, 5.74) is 0.0106. The van der Waals surface area contributed by atoms with Gasteiger partial charge in [-0.2, -0.15) is 13.2 Å². The molecule has 0 N–H and O–H groups in total. The molecule has 1 amide bonds. The standard InChI is InChI=1S/C23H27F4N5O2/c1-16-14-31(21-13-28-20(12-29-21)23(25,26)27)10-11-32(16)22(33)34-19-6-8-30(9-7-19)15-17-2-4-18(24)5-3-17/h2-5,12-13,16,19H,6-11,14-15H2,1H3/t16-/m1/s1. The van der Waals surface area contributed by atoms with Gasteiger partial charge in [0, 0.05) is 45.3 Å². The monoisotopic (exact) mass is 481 g/mol. The third kappa shape index (κ3) is 5.94. The molecule has 7 nitrogen and oxygen atoms in total. The van der Waals surface area contributed by atoms with Gasteiger partial charge in [-0.25, -0.2) is 19.2 Å². The molecule has 1 aromatic carbocycles. The van der Waals surface area contributed by atoms with Crippen molar-refractivity contribution in [1.29, 1.82) is 0 Å². The highest BCUT2D eigenvalue weighted by molar-refractivity contribution is 5.68. The number of alkyl halides is 3. The molecule has 2 aromatic rings. The lowest BCUT2D eigenvalue weighted by Crippen LogP contribution is -2.55. The Morgan fingerprint density at radius 3 is 2.35 bits per heavy atom. The van der Waals surface area contributed by atoms with Crippen molar-refractivity contribution >= 4 is 11.9 Å². The summed E-state index contributed by atoms with van der Waals surface area (Å²) in [5.74, 6) is 0.0955. The molecule has 34 heavy (non-hydrogen) atoms. The second-order valence-corrected chi connectivity index (χ2v) is 8.73. The molecule has 1 aromatic heterocycles. The topological polar surface area (TPSA) is 61.8 Å². The first-order valence-electron chi connectivity index (χ1n) is 11.3. The lowest BCUT2D eigenvalue weighted by Gasteiger charge is -2.40. The van der Waals surface area contributed by atoms with Crippen LogP contribution in [-0.4, -0.2) is 70.7 Å². The fraction of sp³-hybridized carbons (Fsp3) is 0.522. The Kier molecular flexibility index (Phi) is 7.20. The molecular weight excluding hydrogens is 454 g/mol. The second-order valence-electron chi connectivity index (χ2n) is 8.73. The van der Waals surface area contributed by atoms with Crippen molar-refractivity contribution in [3.05, 3.63) is 53.7 Å². The zero-order valence-electron chi connectivity index (χ0n) is 18.8. The molecule has 2 fully saturated rings. The van der Waals surface area contributed by atoms with Gasteiger partial charge in [0.2, 0.25) is 0 Å². The van der Waals surface area contributed by atoms with Crippen LogP contribution >= 0.6 is 0 Å². The van der Waals surface area contributed by atoms with Crippen molar-refractivity contribution in [2.45, 2.75) is 44.6 Å². The van der Waals surface area contributed by atoms with Gasteiger partial charge in [0.1, 0.15) is 17.7 Å². The first kappa shape index (κ1) is 24.2. The van der Waals surface area contributed by atoms with Gasteiger partial charge in [-0.05, 0) is 37.5 Å². The van der Waals surface area contributed by atoms with Crippen molar-refractivity contribution in [2.24, 2.45) is 0 Å². The number of piperazine rings is 1. The van der Waals surface area contributed by atoms with E-state index in [0.717, 1.165) is 50.4 Å². The van der Waals surface area contributed by atoms with Gasteiger partial charge in [-0.1, -0.05) is 12.1 Å². The average molecular weight is 481 g/mol. The van der Waals surface area contributed by atoms with E-state index in [2.05, 4.69) is 14.9 Å². The summed E-state index contributed by atoms with van der Waals surface area (Å²) >= 11 is 0. The van der Waals surface area contributed by atoms with E-state index >= 15 is 0 Å². The molecule has 2 saturated heterocycles. The number of aromatic nitrogens is 2. The molecule has 0 spiro atoms. The van der Waals surface area contributed by atoms with Crippen molar-refractivity contribution in [2.75, 3.05) is 37.6 Å². The fourth-order valence-corrected chi connectivity index (χ4v) is 4.31. The molecule has 0 unspecified atom stereocenters. The van der Waals surface area contributed by atoms with E-state index in [0.29, 0.717) is 25.5 Å². The average Bonchev–Trinajstić information content (AvgIpc) is 2.81. The number of benzene rings is 1. The van der Waals surface area contributed by atoms with Gasteiger partial charge in [-0.3, -0.25) is 4.90 Å². The molecule has 0 saturated carbocycles. The zero-order chi connectivity index (χ0) is 24.3. The number of anilines is 1. The minimum atomic E-state index is -4.53. The Labute approximate surface area is 195 Å². The van der Waals surface area contributed by atoms with Crippen molar-refractivity contribution in [3.63, 3.8) is 0 Å². The summed E-state index contributed by atoms with van der Waals surface area (Å²) in [4.78, 5) is 25.8. The number of halogens is 4. The Morgan fingerprint density at radius 1 is 1.06 bits per heavy atom. The third-order valence-corrected chi connectivity index (χ3v) is 6.24. The molecule has 2 aliphatic heterocycles. The lowest BCUT2D eigenvalue weighted by atomic mass is 10.1. The molecule has 1 atom stereocenters. The fourth-order valence-electron chi connectivity index (χ4n) is 4.31. The molecule has 184 valence electrons. The SMILES string of the molecule is C[C@@H]1CN(c2cnc(C(F)(F)F)cn2)CCN1C(=O)OC1CCN(Cc2ccc(F)cc2)CC1. The smallest absolute Gasteiger partial charge is 0.434 e. The number of amides is 1. The highest BCUT2D eigenvalue weighted by atomic mass is 19.4. The summed E-state index contributed by atoms with van der Waals surface area (Å²) in [6, 6.07) is 6.27. The number of piperidine rings is 1. The number of hydrogen-bond acceptors (Lipinski definition) is 6. The molecule has 2 aliphatic rings. The Hall–Kier alpha value is -2.95. The number of likely N-dealkylation sites (tertiary alicyclic amines) is 1. The van der Waals surface area contributed by atoms with Gasteiger partial charge < -0.3 is 14.5 Å². The molecule has 0 radical (unpaired) electrons. The van der Waals surface area contributed by atoms with Crippen molar-refractivity contribution in [3.8, 4) is 0 Å². The van der Waals surface area contributed by atoms with E-state index in [9.17, 15) is 22.4 Å². The quantitative estimate of drug-likeness (QED) is 0.617. The predicted molar refractivity (Wildman–Crippen MR) is 117 cm³/mol. The second kappa shape index (κ2) is 10.1.